The predicted octanol–water partition coefficient (Wildman–Crippen LogP) is 4.53. The molecule has 0 saturated carbocycles. The third-order valence-electron chi connectivity index (χ3n) is 3.06. The molecule has 0 bridgehead atoms. The van der Waals surface area contributed by atoms with Crippen molar-refractivity contribution in [2.75, 3.05) is 6.61 Å². The van der Waals surface area contributed by atoms with Gasteiger partial charge in [-0.3, -0.25) is 4.79 Å². The van der Waals surface area contributed by atoms with Crippen LogP contribution in [0.25, 0.3) is 0 Å². The molecule has 3 nitrogen and oxygen atoms in total. The molecular weight excluding hydrogens is 347 g/mol. The number of rotatable bonds is 5. The van der Waals surface area contributed by atoms with Crippen LogP contribution < -0.4 is 10.1 Å². The van der Waals surface area contributed by atoms with Gasteiger partial charge in [0.1, 0.15) is 5.82 Å². The molecule has 0 heterocycles. The summed E-state index contributed by atoms with van der Waals surface area (Å²) in [5, 5.41) is 3.59. The van der Waals surface area contributed by atoms with Gasteiger partial charge in [-0.1, -0.05) is 29.3 Å². The van der Waals surface area contributed by atoms with E-state index in [0.717, 1.165) is 12.1 Å². The van der Waals surface area contributed by atoms with E-state index in [1.54, 1.807) is 25.1 Å². The Morgan fingerprint density at radius 1 is 1.22 bits per heavy atom. The fourth-order valence-electron chi connectivity index (χ4n) is 1.95. The van der Waals surface area contributed by atoms with E-state index in [0.29, 0.717) is 21.7 Å². The van der Waals surface area contributed by atoms with Gasteiger partial charge in [0, 0.05) is 16.1 Å². The quantitative estimate of drug-likeness (QED) is 0.851. The van der Waals surface area contributed by atoms with E-state index in [9.17, 15) is 13.6 Å². The monoisotopic (exact) mass is 359 g/mol. The smallest absolute Gasteiger partial charge is 0.258 e. The van der Waals surface area contributed by atoms with Gasteiger partial charge in [-0.05, 0) is 36.8 Å². The number of ether oxygens (including phenoxy) is 1. The fraction of sp³-hybridized carbons (Fsp3) is 0.188. The van der Waals surface area contributed by atoms with Crippen LogP contribution in [-0.4, -0.2) is 12.5 Å². The maximum Gasteiger partial charge on any atom is 0.258 e. The second-order valence-corrected chi connectivity index (χ2v) is 5.66. The average molecular weight is 360 g/mol. The molecule has 122 valence electrons. The molecule has 1 unspecified atom stereocenters. The average Bonchev–Trinajstić information content (AvgIpc) is 2.46. The summed E-state index contributed by atoms with van der Waals surface area (Å²) in [6.07, 6.45) is 0. The zero-order valence-electron chi connectivity index (χ0n) is 12.1. The molecule has 0 aliphatic carbocycles. The van der Waals surface area contributed by atoms with Crippen LogP contribution in [0.2, 0.25) is 10.0 Å². The highest BCUT2D eigenvalue weighted by Gasteiger charge is 2.14. The lowest BCUT2D eigenvalue weighted by molar-refractivity contribution is -0.123. The lowest BCUT2D eigenvalue weighted by atomic mass is 10.1. The third kappa shape index (κ3) is 4.81. The Kier molecular flexibility index (Phi) is 5.80. The van der Waals surface area contributed by atoms with E-state index in [4.69, 9.17) is 27.9 Å². The van der Waals surface area contributed by atoms with Crippen LogP contribution in [0.4, 0.5) is 8.78 Å². The first-order valence-corrected chi connectivity index (χ1v) is 7.44. The van der Waals surface area contributed by atoms with Crippen molar-refractivity contribution >= 4 is 29.1 Å². The first kappa shape index (κ1) is 17.5. The molecule has 1 amide bonds. The first-order valence-electron chi connectivity index (χ1n) is 6.69. The Morgan fingerprint density at radius 3 is 2.61 bits per heavy atom. The van der Waals surface area contributed by atoms with Gasteiger partial charge in [0.05, 0.1) is 6.04 Å². The van der Waals surface area contributed by atoms with Crippen molar-refractivity contribution in [1.29, 1.82) is 0 Å². The number of amides is 1. The zero-order valence-corrected chi connectivity index (χ0v) is 13.6. The van der Waals surface area contributed by atoms with Crippen molar-refractivity contribution in [3.05, 3.63) is 63.6 Å². The molecule has 0 saturated heterocycles. The van der Waals surface area contributed by atoms with Crippen LogP contribution in [0.1, 0.15) is 18.5 Å². The number of carbonyl (C=O) groups excluding carboxylic acids is 1. The Labute approximate surface area is 142 Å². The Bertz CT molecular complexity index is 725. The Morgan fingerprint density at radius 2 is 1.96 bits per heavy atom. The van der Waals surface area contributed by atoms with E-state index in [2.05, 4.69) is 5.32 Å². The van der Waals surface area contributed by atoms with Gasteiger partial charge >= 0.3 is 0 Å². The van der Waals surface area contributed by atoms with E-state index >= 15 is 0 Å². The van der Waals surface area contributed by atoms with Crippen molar-refractivity contribution < 1.29 is 18.3 Å². The van der Waals surface area contributed by atoms with E-state index in [-0.39, 0.29) is 11.8 Å². The molecule has 23 heavy (non-hydrogen) atoms. The van der Waals surface area contributed by atoms with Crippen molar-refractivity contribution in [2.24, 2.45) is 0 Å². The largest absolute Gasteiger partial charge is 0.481 e. The molecule has 2 rings (SSSR count). The molecule has 1 N–H and O–H groups in total. The van der Waals surface area contributed by atoms with E-state index in [1.165, 1.54) is 0 Å². The van der Waals surface area contributed by atoms with Gasteiger partial charge in [-0.2, -0.15) is 0 Å². The van der Waals surface area contributed by atoms with Crippen LogP contribution in [0, 0.1) is 11.6 Å². The number of carbonyl (C=O) groups is 1. The molecule has 1 atom stereocenters. The van der Waals surface area contributed by atoms with Gasteiger partial charge in [0.15, 0.2) is 18.2 Å². The Balaban J connectivity index is 1.93. The molecule has 0 aliphatic rings. The standard InChI is InChI=1S/C16H13Cl2F2NO2/c1-9(12-4-2-10(17)6-13(12)18)21-16(22)8-23-15-5-3-11(19)7-14(15)20/h2-7,9H,8H2,1H3,(H,21,22). The summed E-state index contributed by atoms with van der Waals surface area (Å²) in [4.78, 5) is 11.9. The highest BCUT2D eigenvalue weighted by Crippen LogP contribution is 2.26. The summed E-state index contributed by atoms with van der Waals surface area (Å²) >= 11 is 11.9. The lowest BCUT2D eigenvalue weighted by Gasteiger charge is -2.16. The van der Waals surface area contributed by atoms with Crippen molar-refractivity contribution in [3.63, 3.8) is 0 Å². The molecule has 7 heteroatoms. The third-order valence-corrected chi connectivity index (χ3v) is 3.62. The van der Waals surface area contributed by atoms with Gasteiger partial charge in [0.2, 0.25) is 0 Å². The first-order chi connectivity index (χ1) is 10.9. The fourth-order valence-corrected chi connectivity index (χ4v) is 2.52. The summed E-state index contributed by atoms with van der Waals surface area (Å²) in [6.45, 7) is 1.34. The van der Waals surface area contributed by atoms with Crippen LogP contribution >= 0.6 is 23.2 Å². The van der Waals surface area contributed by atoms with Gasteiger partial charge in [-0.25, -0.2) is 8.78 Å². The molecule has 0 aromatic heterocycles. The number of nitrogens with one attached hydrogen (secondary N) is 1. The summed E-state index contributed by atoms with van der Waals surface area (Å²) in [5.41, 5.74) is 0.692. The minimum Gasteiger partial charge on any atom is -0.481 e. The van der Waals surface area contributed by atoms with Crippen molar-refractivity contribution in [3.8, 4) is 5.75 Å². The molecule has 2 aromatic rings. The lowest BCUT2D eigenvalue weighted by Crippen LogP contribution is -2.31. The SMILES string of the molecule is CC(NC(=O)COc1ccc(F)cc1F)c1ccc(Cl)cc1Cl. The molecule has 0 spiro atoms. The topological polar surface area (TPSA) is 38.3 Å². The minimum atomic E-state index is -0.869. The van der Waals surface area contributed by atoms with Gasteiger partial charge < -0.3 is 10.1 Å². The zero-order chi connectivity index (χ0) is 17.0. The van der Waals surface area contributed by atoms with E-state index in [1.807, 2.05) is 0 Å². The van der Waals surface area contributed by atoms with Crippen LogP contribution in [-0.2, 0) is 4.79 Å². The predicted molar refractivity (Wildman–Crippen MR) is 84.9 cm³/mol. The molecule has 0 aliphatic heterocycles. The summed E-state index contributed by atoms with van der Waals surface area (Å²) < 4.78 is 31.2. The molecule has 2 aromatic carbocycles. The van der Waals surface area contributed by atoms with Gasteiger partial charge in [-0.15, -0.1) is 0 Å². The molecular formula is C16H13Cl2F2NO2. The van der Waals surface area contributed by atoms with Crippen molar-refractivity contribution in [1.82, 2.24) is 5.32 Å². The molecule has 0 fully saturated rings. The number of hydrogen-bond acceptors (Lipinski definition) is 2. The minimum absolute atomic E-state index is 0.196. The van der Waals surface area contributed by atoms with Crippen LogP contribution in [0.3, 0.4) is 0 Å². The van der Waals surface area contributed by atoms with Crippen LogP contribution in [0.15, 0.2) is 36.4 Å². The van der Waals surface area contributed by atoms with Crippen molar-refractivity contribution in [2.45, 2.75) is 13.0 Å². The van der Waals surface area contributed by atoms with E-state index < -0.39 is 24.1 Å². The maximum atomic E-state index is 13.4. The van der Waals surface area contributed by atoms with Crippen LogP contribution in [0.5, 0.6) is 5.75 Å². The number of halogens is 4. The number of benzene rings is 2. The number of hydrogen-bond donors (Lipinski definition) is 1. The van der Waals surface area contributed by atoms with Gasteiger partial charge in [0.25, 0.3) is 5.91 Å². The summed E-state index contributed by atoms with van der Waals surface area (Å²) in [6, 6.07) is 7.42. The second kappa shape index (κ2) is 7.62. The highest BCUT2D eigenvalue weighted by atomic mass is 35.5. The second-order valence-electron chi connectivity index (χ2n) is 4.82. The normalized spacial score (nSPS) is 11.9. The Hall–Kier alpha value is -1.85. The molecule has 0 radical (unpaired) electrons. The maximum absolute atomic E-state index is 13.4. The summed E-state index contributed by atoms with van der Waals surface area (Å²) in [5.74, 6) is -2.25. The highest BCUT2D eigenvalue weighted by molar-refractivity contribution is 6.35. The summed E-state index contributed by atoms with van der Waals surface area (Å²) in [7, 11) is 0.